The third kappa shape index (κ3) is 13.9. The molecule has 2 N–H and O–H groups in total. The second kappa shape index (κ2) is 13.9. The van der Waals surface area contributed by atoms with Gasteiger partial charge in [-0.3, -0.25) is 4.84 Å². The average Bonchev–Trinajstić information content (AvgIpc) is 2.26. The maximum absolute atomic E-state index is 8.44. The lowest BCUT2D eigenvalue weighted by Gasteiger charge is -2.04. The molecule has 0 saturated carbocycles. The molecule has 15 heavy (non-hydrogen) atoms. The molecule has 0 amide bonds. The molecule has 0 atom stereocenters. The van der Waals surface area contributed by atoms with E-state index in [4.69, 9.17) is 9.94 Å². The fourth-order valence-corrected chi connectivity index (χ4v) is 1.52. The number of rotatable bonds is 12. The first-order chi connectivity index (χ1) is 7.41. The molecule has 0 fully saturated rings. The molecule has 3 heteroatoms. The third-order valence-electron chi connectivity index (χ3n) is 2.43. The van der Waals surface area contributed by atoms with Gasteiger partial charge >= 0.3 is 0 Å². The van der Waals surface area contributed by atoms with Crippen LogP contribution in [0.5, 0.6) is 0 Å². The molecular formula is C12H27NO2. The van der Waals surface area contributed by atoms with Crippen molar-refractivity contribution in [3.05, 3.63) is 0 Å². The first-order valence-electron chi connectivity index (χ1n) is 6.37. The normalized spacial score (nSPS) is 10.8. The highest BCUT2D eigenvalue weighted by Crippen LogP contribution is 2.07. The van der Waals surface area contributed by atoms with E-state index in [1.54, 1.807) is 0 Å². The van der Waals surface area contributed by atoms with Crippen LogP contribution in [0.3, 0.4) is 0 Å². The molecule has 0 aromatic carbocycles. The van der Waals surface area contributed by atoms with E-state index in [0.29, 0.717) is 6.61 Å². The first-order valence-corrected chi connectivity index (χ1v) is 6.37. The van der Waals surface area contributed by atoms with Gasteiger partial charge in [0.15, 0.2) is 0 Å². The molecule has 0 aromatic rings. The molecule has 0 heterocycles. The highest BCUT2D eigenvalue weighted by Gasteiger charge is 1.91. The fraction of sp³-hybridized carbons (Fsp3) is 1.00. The first kappa shape index (κ1) is 14.9. The Morgan fingerprint density at radius 1 is 0.933 bits per heavy atom. The molecule has 0 aliphatic rings. The number of hydroxylamine groups is 1. The quantitative estimate of drug-likeness (QED) is 0.390. The fourth-order valence-electron chi connectivity index (χ4n) is 1.52. The van der Waals surface area contributed by atoms with E-state index in [0.717, 1.165) is 6.54 Å². The Kier molecular flexibility index (Phi) is 13.8. The van der Waals surface area contributed by atoms with Gasteiger partial charge in [0, 0.05) is 6.54 Å². The molecule has 0 spiro atoms. The van der Waals surface area contributed by atoms with Crippen LogP contribution in [0.1, 0.15) is 58.3 Å². The van der Waals surface area contributed by atoms with E-state index in [1.165, 1.54) is 51.4 Å². The summed E-state index contributed by atoms with van der Waals surface area (Å²) < 4.78 is 0. The number of aliphatic hydroxyl groups excluding tert-OH is 1. The number of unbranched alkanes of at least 4 members (excludes halogenated alkanes) is 7. The zero-order valence-corrected chi connectivity index (χ0v) is 10.1. The van der Waals surface area contributed by atoms with Crippen molar-refractivity contribution >= 4 is 0 Å². The van der Waals surface area contributed by atoms with Gasteiger partial charge in [0.1, 0.15) is 0 Å². The van der Waals surface area contributed by atoms with E-state index in [9.17, 15) is 0 Å². The summed E-state index contributed by atoms with van der Waals surface area (Å²) in [5.74, 6) is 0. The molecule has 0 aromatic heterocycles. The lowest BCUT2D eigenvalue weighted by molar-refractivity contribution is 0.0170. The van der Waals surface area contributed by atoms with Gasteiger partial charge in [-0.15, -0.1) is 0 Å². The van der Waals surface area contributed by atoms with Crippen LogP contribution in [0.4, 0.5) is 0 Å². The van der Waals surface area contributed by atoms with E-state index in [2.05, 4.69) is 12.4 Å². The van der Waals surface area contributed by atoms with Gasteiger partial charge in [0.05, 0.1) is 13.2 Å². The van der Waals surface area contributed by atoms with Crippen molar-refractivity contribution < 1.29 is 9.94 Å². The lowest BCUT2D eigenvalue weighted by atomic mass is 10.1. The Hall–Kier alpha value is -0.120. The van der Waals surface area contributed by atoms with Gasteiger partial charge in [-0.2, -0.15) is 0 Å². The number of nitrogens with one attached hydrogen (secondary N) is 1. The number of aliphatic hydroxyl groups is 1. The van der Waals surface area contributed by atoms with E-state index in [1.807, 2.05) is 0 Å². The minimum Gasteiger partial charge on any atom is -0.394 e. The Morgan fingerprint density at radius 3 is 2.13 bits per heavy atom. The zero-order chi connectivity index (χ0) is 11.2. The molecule has 0 rings (SSSR count). The summed E-state index contributed by atoms with van der Waals surface area (Å²) in [6.07, 6.45) is 10.7. The monoisotopic (exact) mass is 217 g/mol. The zero-order valence-electron chi connectivity index (χ0n) is 10.1. The van der Waals surface area contributed by atoms with Crippen molar-refractivity contribution in [3.8, 4) is 0 Å². The van der Waals surface area contributed by atoms with Crippen LogP contribution in [0.2, 0.25) is 0 Å². The molecule has 0 radical (unpaired) electrons. The second-order valence-corrected chi connectivity index (χ2v) is 3.94. The van der Waals surface area contributed by atoms with Crippen molar-refractivity contribution in [2.24, 2.45) is 0 Å². The molecule has 3 nitrogen and oxygen atoms in total. The van der Waals surface area contributed by atoms with Gasteiger partial charge in [0.25, 0.3) is 0 Å². The van der Waals surface area contributed by atoms with E-state index in [-0.39, 0.29) is 6.61 Å². The Labute approximate surface area is 94.2 Å². The van der Waals surface area contributed by atoms with Crippen molar-refractivity contribution in [3.63, 3.8) is 0 Å². The minimum atomic E-state index is 0.0877. The molecule has 0 aliphatic heterocycles. The largest absolute Gasteiger partial charge is 0.394 e. The average molecular weight is 217 g/mol. The SMILES string of the molecule is CCCCCCCCCCNOCCO. The molecule has 0 saturated heterocycles. The summed E-state index contributed by atoms with van der Waals surface area (Å²) in [6.45, 7) is 3.62. The van der Waals surface area contributed by atoms with Crippen molar-refractivity contribution in [1.29, 1.82) is 0 Å². The third-order valence-corrected chi connectivity index (χ3v) is 2.43. The summed E-state index contributed by atoms with van der Waals surface area (Å²) in [7, 11) is 0. The van der Waals surface area contributed by atoms with Crippen LogP contribution in [0.25, 0.3) is 0 Å². The summed E-state index contributed by atoms with van der Waals surface area (Å²) in [6, 6.07) is 0. The van der Waals surface area contributed by atoms with Gasteiger partial charge in [-0.1, -0.05) is 51.9 Å². The Balaban J connectivity index is 2.81. The van der Waals surface area contributed by atoms with Crippen molar-refractivity contribution in [2.75, 3.05) is 19.8 Å². The van der Waals surface area contributed by atoms with Gasteiger partial charge in [-0.05, 0) is 6.42 Å². The van der Waals surface area contributed by atoms with Crippen LogP contribution in [-0.2, 0) is 4.84 Å². The highest BCUT2D eigenvalue weighted by atomic mass is 16.6. The van der Waals surface area contributed by atoms with Crippen molar-refractivity contribution in [1.82, 2.24) is 5.48 Å². The summed E-state index contributed by atoms with van der Waals surface area (Å²) in [5, 5.41) is 8.44. The van der Waals surface area contributed by atoms with E-state index < -0.39 is 0 Å². The highest BCUT2D eigenvalue weighted by molar-refractivity contribution is 4.46. The topological polar surface area (TPSA) is 41.5 Å². The van der Waals surface area contributed by atoms with Gasteiger partial charge < -0.3 is 5.11 Å². The second-order valence-electron chi connectivity index (χ2n) is 3.94. The van der Waals surface area contributed by atoms with Crippen LogP contribution in [0, 0.1) is 0 Å². The van der Waals surface area contributed by atoms with E-state index >= 15 is 0 Å². The number of hydrogen-bond acceptors (Lipinski definition) is 3. The van der Waals surface area contributed by atoms with Crippen LogP contribution < -0.4 is 5.48 Å². The Bertz CT molecular complexity index is 97.8. The molecular weight excluding hydrogens is 190 g/mol. The standard InChI is InChI=1S/C12H27NO2/c1-2-3-4-5-6-7-8-9-10-13-15-12-11-14/h13-14H,2-12H2,1H3. The maximum atomic E-state index is 8.44. The Morgan fingerprint density at radius 2 is 1.53 bits per heavy atom. The molecule has 92 valence electrons. The maximum Gasteiger partial charge on any atom is 0.0913 e. The summed E-state index contributed by atoms with van der Waals surface area (Å²) in [5.41, 5.74) is 2.84. The van der Waals surface area contributed by atoms with Gasteiger partial charge in [0.2, 0.25) is 0 Å². The predicted octanol–water partition coefficient (Wildman–Crippen LogP) is 2.64. The molecule has 0 unspecified atom stereocenters. The predicted molar refractivity (Wildman–Crippen MR) is 63.7 cm³/mol. The van der Waals surface area contributed by atoms with Crippen LogP contribution in [-0.4, -0.2) is 24.9 Å². The van der Waals surface area contributed by atoms with Crippen molar-refractivity contribution in [2.45, 2.75) is 58.3 Å². The summed E-state index contributed by atoms with van der Waals surface area (Å²) in [4.78, 5) is 4.94. The van der Waals surface area contributed by atoms with Crippen LogP contribution >= 0.6 is 0 Å². The van der Waals surface area contributed by atoms with Gasteiger partial charge in [-0.25, -0.2) is 5.48 Å². The smallest absolute Gasteiger partial charge is 0.0913 e. The van der Waals surface area contributed by atoms with Crippen LogP contribution in [0.15, 0.2) is 0 Å². The summed E-state index contributed by atoms with van der Waals surface area (Å²) >= 11 is 0. The molecule has 0 bridgehead atoms. The minimum absolute atomic E-state index is 0.0877. The lowest BCUT2D eigenvalue weighted by Crippen LogP contribution is -2.18. The number of hydrogen-bond donors (Lipinski definition) is 2. The molecule has 0 aliphatic carbocycles.